The fourth-order valence-corrected chi connectivity index (χ4v) is 2.95. The Balaban J connectivity index is 2.10. The van der Waals surface area contributed by atoms with Crippen LogP contribution in [0.1, 0.15) is 35.0 Å². The van der Waals surface area contributed by atoms with Crippen LogP contribution in [0.2, 0.25) is 0 Å². The molecule has 1 aromatic heterocycles. The molecule has 0 bridgehead atoms. The zero-order chi connectivity index (χ0) is 13.8. The number of thiophene rings is 1. The number of amides is 2. The molecule has 1 aliphatic heterocycles. The Morgan fingerprint density at radius 1 is 1.42 bits per heavy atom. The van der Waals surface area contributed by atoms with Crippen LogP contribution in [0.3, 0.4) is 0 Å². The van der Waals surface area contributed by atoms with E-state index in [0.717, 1.165) is 30.8 Å². The lowest BCUT2D eigenvalue weighted by Crippen LogP contribution is -2.32. The minimum Gasteiger partial charge on any atom is -0.462 e. The molecule has 0 unspecified atom stereocenters. The number of hydrogen-bond acceptors (Lipinski definition) is 4. The average molecular weight is 282 g/mol. The molecule has 1 aliphatic rings. The van der Waals surface area contributed by atoms with Gasteiger partial charge in [0.2, 0.25) is 0 Å². The maximum Gasteiger partial charge on any atom is 0.341 e. The highest BCUT2D eigenvalue weighted by atomic mass is 32.1. The van der Waals surface area contributed by atoms with Crippen molar-refractivity contribution in [3.63, 3.8) is 0 Å². The lowest BCUT2D eigenvalue weighted by atomic mass is 10.3. The van der Waals surface area contributed by atoms with Gasteiger partial charge in [-0.2, -0.15) is 0 Å². The monoisotopic (exact) mass is 282 g/mol. The van der Waals surface area contributed by atoms with Crippen LogP contribution in [0.5, 0.6) is 0 Å². The molecule has 1 fully saturated rings. The van der Waals surface area contributed by atoms with Gasteiger partial charge >= 0.3 is 12.0 Å². The fraction of sp³-hybridized carbons (Fsp3) is 0.538. The molecule has 104 valence electrons. The second kappa shape index (κ2) is 6.06. The minimum atomic E-state index is -0.386. The van der Waals surface area contributed by atoms with E-state index in [1.54, 1.807) is 17.9 Å². The molecular weight excluding hydrogens is 264 g/mol. The Labute approximate surface area is 116 Å². The molecule has 2 heterocycles. The Kier molecular flexibility index (Phi) is 4.42. The highest BCUT2D eigenvalue weighted by Crippen LogP contribution is 2.28. The van der Waals surface area contributed by atoms with Gasteiger partial charge in [0.05, 0.1) is 12.2 Å². The summed E-state index contributed by atoms with van der Waals surface area (Å²) in [6.45, 7) is 5.56. The van der Waals surface area contributed by atoms with Crippen molar-refractivity contribution in [2.45, 2.75) is 26.7 Å². The van der Waals surface area contributed by atoms with Crippen molar-refractivity contribution in [2.75, 3.05) is 25.0 Å². The predicted octanol–water partition coefficient (Wildman–Crippen LogP) is 2.86. The van der Waals surface area contributed by atoms with Crippen molar-refractivity contribution in [1.29, 1.82) is 0 Å². The van der Waals surface area contributed by atoms with Crippen LogP contribution < -0.4 is 5.32 Å². The molecule has 1 saturated heterocycles. The van der Waals surface area contributed by atoms with Gasteiger partial charge in [-0.1, -0.05) is 0 Å². The summed E-state index contributed by atoms with van der Waals surface area (Å²) in [6, 6.07) is 1.62. The van der Waals surface area contributed by atoms with Crippen LogP contribution in [-0.2, 0) is 4.74 Å². The predicted molar refractivity (Wildman–Crippen MR) is 74.8 cm³/mol. The molecule has 0 saturated carbocycles. The fourth-order valence-electron chi connectivity index (χ4n) is 2.06. The van der Waals surface area contributed by atoms with Crippen molar-refractivity contribution in [3.05, 3.63) is 16.5 Å². The van der Waals surface area contributed by atoms with Crippen molar-refractivity contribution in [3.8, 4) is 0 Å². The van der Waals surface area contributed by atoms with Gasteiger partial charge in [-0.3, -0.25) is 5.32 Å². The summed E-state index contributed by atoms with van der Waals surface area (Å²) in [4.78, 5) is 26.6. The second-order valence-electron chi connectivity index (χ2n) is 4.44. The number of rotatable bonds is 3. The topological polar surface area (TPSA) is 58.6 Å². The smallest absolute Gasteiger partial charge is 0.341 e. The summed E-state index contributed by atoms with van der Waals surface area (Å²) >= 11 is 1.40. The van der Waals surface area contributed by atoms with E-state index in [4.69, 9.17) is 4.74 Å². The number of ether oxygens (including phenoxy) is 1. The Morgan fingerprint density at radius 3 is 2.74 bits per heavy atom. The number of hydrogen-bond donors (Lipinski definition) is 1. The number of aryl methyl sites for hydroxylation is 1. The van der Waals surface area contributed by atoms with E-state index in [1.165, 1.54) is 11.3 Å². The van der Waals surface area contributed by atoms with E-state index in [1.807, 2.05) is 6.92 Å². The molecule has 2 amide bonds. The largest absolute Gasteiger partial charge is 0.462 e. The zero-order valence-electron chi connectivity index (χ0n) is 11.2. The van der Waals surface area contributed by atoms with Crippen LogP contribution >= 0.6 is 11.3 Å². The highest BCUT2D eigenvalue weighted by molar-refractivity contribution is 7.16. The van der Waals surface area contributed by atoms with Gasteiger partial charge in [0.25, 0.3) is 0 Å². The summed E-state index contributed by atoms with van der Waals surface area (Å²) in [5, 5.41) is 3.39. The highest BCUT2D eigenvalue weighted by Gasteiger charge is 2.22. The SMILES string of the molecule is CCOC(=O)c1cc(C)sc1NC(=O)N1CCCC1. The van der Waals surface area contributed by atoms with Gasteiger partial charge in [0.15, 0.2) is 0 Å². The molecular formula is C13H18N2O3S. The molecule has 6 heteroatoms. The maximum atomic E-state index is 12.0. The van der Waals surface area contributed by atoms with Crippen LogP contribution in [0.15, 0.2) is 6.07 Å². The average Bonchev–Trinajstić information content (AvgIpc) is 2.98. The molecule has 2 rings (SSSR count). The quantitative estimate of drug-likeness (QED) is 0.867. The van der Waals surface area contributed by atoms with E-state index in [-0.39, 0.29) is 12.0 Å². The number of carbonyl (C=O) groups is 2. The third-order valence-corrected chi connectivity index (χ3v) is 3.93. The third kappa shape index (κ3) is 3.26. The molecule has 0 aromatic carbocycles. The number of urea groups is 1. The first kappa shape index (κ1) is 13.9. The Bertz CT molecular complexity index is 478. The van der Waals surface area contributed by atoms with Crippen molar-refractivity contribution in [2.24, 2.45) is 0 Å². The summed E-state index contributed by atoms with van der Waals surface area (Å²) < 4.78 is 4.99. The van der Waals surface area contributed by atoms with Gasteiger partial charge in [-0.25, -0.2) is 9.59 Å². The first-order chi connectivity index (χ1) is 9.11. The lowest BCUT2D eigenvalue weighted by Gasteiger charge is -2.15. The number of carbonyl (C=O) groups excluding carboxylic acids is 2. The minimum absolute atomic E-state index is 0.134. The van der Waals surface area contributed by atoms with Gasteiger partial charge < -0.3 is 9.64 Å². The number of likely N-dealkylation sites (tertiary alicyclic amines) is 1. The van der Waals surface area contributed by atoms with Gasteiger partial charge in [0, 0.05) is 18.0 Å². The van der Waals surface area contributed by atoms with Crippen molar-refractivity contribution >= 4 is 28.3 Å². The summed E-state index contributed by atoms with van der Waals surface area (Å²) in [5.41, 5.74) is 0.442. The second-order valence-corrected chi connectivity index (χ2v) is 5.70. The van der Waals surface area contributed by atoms with Gasteiger partial charge in [0.1, 0.15) is 5.00 Å². The van der Waals surface area contributed by atoms with Crippen molar-refractivity contribution in [1.82, 2.24) is 4.90 Å². The normalized spacial score (nSPS) is 14.5. The van der Waals surface area contributed by atoms with Crippen LogP contribution in [0.4, 0.5) is 9.80 Å². The molecule has 0 aliphatic carbocycles. The standard InChI is InChI=1S/C13H18N2O3S/c1-3-18-12(16)10-8-9(2)19-11(10)14-13(17)15-6-4-5-7-15/h8H,3-7H2,1-2H3,(H,14,17). The molecule has 5 nitrogen and oxygen atoms in total. The molecule has 1 N–H and O–H groups in total. The van der Waals surface area contributed by atoms with E-state index >= 15 is 0 Å². The van der Waals surface area contributed by atoms with Gasteiger partial charge in [-0.15, -0.1) is 11.3 Å². The van der Waals surface area contributed by atoms with Crippen LogP contribution in [-0.4, -0.2) is 36.6 Å². The summed E-state index contributed by atoms with van der Waals surface area (Å²) in [7, 11) is 0. The number of nitrogens with zero attached hydrogens (tertiary/aromatic N) is 1. The van der Waals surface area contributed by atoms with E-state index in [2.05, 4.69) is 5.32 Å². The van der Waals surface area contributed by atoms with E-state index in [0.29, 0.717) is 17.2 Å². The number of esters is 1. The van der Waals surface area contributed by atoms with Crippen LogP contribution in [0.25, 0.3) is 0 Å². The van der Waals surface area contributed by atoms with Crippen molar-refractivity contribution < 1.29 is 14.3 Å². The van der Waals surface area contributed by atoms with Gasteiger partial charge in [-0.05, 0) is 32.8 Å². The molecule has 19 heavy (non-hydrogen) atoms. The zero-order valence-corrected chi connectivity index (χ0v) is 12.0. The maximum absolute atomic E-state index is 12.0. The Hall–Kier alpha value is -1.56. The number of nitrogens with one attached hydrogen (secondary N) is 1. The summed E-state index contributed by atoms with van der Waals surface area (Å²) in [5.74, 6) is -0.386. The molecule has 1 aromatic rings. The Morgan fingerprint density at radius 2 is 2.11 bits per heavy atom. The molecule has 0 spiro atoms. The van der Waals surface area contributed by atoms with Crippen LogP contribution in [0, 0.1) is 6.92 Å². The lowest BCUT2D eigenvalue weighted by molar-refractivity contribution is 0.0528. The van der Waals surface area contributed by atoms with E-state index < -0.39 is 0 Å². The molecule has 0 radical (unpaired) electrons. The first-order valence-corrected chi connectivity index (χ1v) is 7.27. The third-order valence-electron chi connectivity index (χ3n) is 2.96. The number of anilines is 1. The molecule has 0 atom stereocenters. The van der Waals surface area contributed by atoms with E-state index in [9.17, 15) is 9.59 Å². The first-order valence-electron chi connectivity index (χ1n) is 6.45. The summed E-state index contributed by atoms with van der Waals surface area (Å²) in [6.07, 6.45) is 2.09.